The lowest BCUT2D eigenvalue weighted by molar-refractivity contribution is -0.136. The van der Waals surface area contributed by atoms with E-state index in [1.807, 2.05) is 24.3 Å². The molecule has 4 heteroatoms. The summed E-state index contributed by atoms with van der Waals surface area (Å²) in [5.41, 5.74) is 2.00. The third-order valence-electron chi connectivity index (χ3n) is 2.96. The predicted octanol–water partition coefficient (Wildman–Crippen LogP) is 3.23. The molecule has 3 nitrogen and oxygen atoms in total. The first-order chi connectivity index (χ1) is 9.15. The summed E-state index contributed by atoms with van der Waals surface area (Å²) in [6, 6.07) is 12.2. The highest BCUT2D eigenvalue weighted by molar-refractivity contribution is 7.10. The van der Waals surface area contributed by atoms with E-state index < -0.39 is 5.97 Å². The van der Waals surface area contributed by atoms with Gasteiger partial charge in [0.2, 0.25) is 0 Å². The number of carbonyl (C=O) groups is 1. The summed E-state index contributed by atoms with van der Waals surface area (Å²) in [7, 11) is 0. The van der Waals surface area contributed by atoms with E-state index in [0.29, 0.717) is 6.04 Å². The van der Waals surface area contributed by atoms with E-state index in [-0.39, 0.29) is 6.42 Å². The van der Waals surface area contributed by atoms with Crippen LogP contribution in [0, 0.1) is 0 Å². The Bertz CT molecular complexity index is 520. The predicted molar refractivity (Wildman–Crippen MR) is 77.4 cm³/mol. The fourth-order valence-corrected chi connectivity index (χ4v) is 2.62. The van der Waals surface area contributed by atoms with Crippen LogP contribution in [0.4, 0.5) is 0 Å². The Hall–Kier alpha value is -1.65. The van der Waals surface area contributed by atoms with Gasteiger partial charge >= 0.3 is 5.97 Å². The Balaban J connectivity index is 1.88. The van der Waals surface area contributed by atoms with E-state index >= 15 is 0 Å². The summed E-state index contributed by atoms with van der Waals surface area (Å²) in [6.45, 7) is 2.93. The summed E-state index contributed by atoms with van der Waals surface area (Å²) < 4.78 is 0. The van der Waals surface area contributed by atoms with Crippen LogP contribution < -0.4 is 5.32 Å². The third-order valence-corrected chi connectivity index (χ3v) is 4.02. The number of hydrogen-bond acceptors (Lipinski definition) is 3. The molecule has 0 aliphatic carbocycles. The van der Waals surface area contributed by atoms with Crippen LogP contribution in [0.15, 0.2) is 41.8 Å². The van der Waals surface area contributed by atoms with Crippen LogP contribution >= 0.6 is 11.3 Å². The fourth-order valence-electron chi connectivity index (χ4n) is 1.86. The molecule has 0 unspecified atom stereocenters. The Morgan fingerprint density at radius 3 is 2.53 bits per heavy atom. The number of aliphatic carboxylic acids is 1. The Kier molecular flexibility index (Phi) is 4.71. The van der Waals surface area contributed by atoms with E-state index in [1.165, 1.54) is 4.88 Å². The van der Waals surface area contributed by atoms with Crippen LogP contribution in [0.25, 0.3) is 0 Å². The van der Waals surface area contributed by atoms with Gasteiger partial charge in [-0.3, -0.25) is 4.79 Å². The van der Waals surface area contributed by atoms with Gasteiger partial charge in [-0.25, -0.2) is 0 Å². The minimum Gasteiger partial charge on any atom is -0.481 e. The lowest BCUT2D eigenvalue weighted by Gasteiger charge is -2.12. The lowest BCUT2D eigenvalue weighted by atomic mass is 10.1. The van der Waals surface area contributed by atoms with Crippen LogP contribution in [0.2, 0.25) is 0 Å². The first-order valence-electron chi connectivity index (χ1n) is 6.21. The molecule has 2 N–H and O–H groups in total. The smallest absolute Gasteiger partial charge is 0.307 e. The third kappa shape index (κ3) is 4.19. The van der Waals surface area contributed by atoms with Crippen molar-refractivity contribution in [3.63, 3.8) is 0 Å². The van der Waals surface area contributed by atoms with Gasteiger partial charge in [-0.15, -0.1) is 11.3 Å². The number of benzene rings is 1. The van der Waals surface area contributed by atoms with Gasteiger partial charge in [0, 0.05) is 17.5 Å². The van der Waals surface area contributed by atoms with Crippen LogP contribution in [0.5, 0.6) is 0 Å². The molecule has 0 amide bonds. The first kappa shape index (κ1) is 13.8. The molecule has 0 saturated heterocycles. The molecule has 1 aromatic carbocycles. The van der Waals surface area contributed by atoms with Crippen molar-refractivity contribution in [1.82, 2.24) is 5.32 Å². The molecule has 0 saturated carbocycles. The number of thiophene rings is 1. The van der Waals surface area contributed by atoms with Gasteiger partial charge in [0.1, 0.15) is 0 Å². The number of carboxylic acid groups (broad SMARTS) is 1. The molecule has 0 aliphatic heterocycles. The maximum Gasteiger partial charge on any atom is 0.307 e. The van der Waals surface area contributed by atoms with E-state index in [2.05, 4.69) is 29.8 Å². The molecule has 1 atom stereocenters. The molecule has 0 bridgehead atoms. The summed E-state index contributed by atoms with van der Waals surface area (Å²) in [5, 5.41) is 14.2. The fraction of sp³-hybridized carbons (Fsp3) is 0.267. The average Bonchev–Trinajstić information content (AvgIpc) is 2.91. The number of carboxylic acids is 1. The lowest BCUT2D eigenvalue weighted by Crippen LogP contribution is -2.17. The van der Waals surface area contributed by atoms with Crippen LogP contribution in [-0.2, 0) is 17.8 Å². The highest BCUT2D eigenvalue weighted by Gasteiger charge is 2.05. The van der Waals surface area contributed by atoms with Crippen molar-refractivity contribution in [3.8, 4) is 0 Å². The molecule has 0 spiro atoms. The van der Waals surface area contributed by atoms with Crippen molar-refractivity contribution >= 4 is 17.3 Å². The Labute approximate surface area is 116 Å². The average molecular weight is 275 g/mol. The highest BCUT2D eigenvalue weighted by atomic mass is 32.1. The zero-order valence-corrected chi connectivity index (χ0v) is 11.6. The van der Waals surface area contributed by atoms with Crippen LogP contribution in [0.1, 0.15) is 29.0 Å². The summed E-state index contributed by atoms with van der Waals surface area (Å²) in [6.07, 6.45) is 0.0826. The van der Waals surface area contributed by atoms with E-state index in [4.69, 9.17) is 5.11 Å². The van der Waals surface area contributed by atoms with Crippen molar-refractivity contribution in [2.24, 2.45) is 0 Å². The molecule has 1 aromatic heterocycles. The van der Waals surface area contributed by atoms with Crippen molar-refractivity contribution in [3.05, 3.63) is 57.8 Å². The van der Waals surface area contributed by atoms with Crippen molar-refractivity contribution in [2.75, 3.05) is 0 Å². The van der Waals surface area contributed by atoms with Crippen molar-refractivity contribution in [1.29, 1.82) is 0 Å². The van der Waals surface area contributed by atoms with Gasteiger partial charge in [0.05, 0.1) is 6.42 Å². The van der Waals surface area contributed by atoms with Gasteiger partial charge in [0.15, 0.2) is 0 Å². The molecular weight excluding hydrogens is 258 g/mol. The van der Waals surface area contributed by atoms with Crippen molar-refractivity contribution < 1.29 is 9.90 Å². The zero-order valence-electron chi connectivity index (χ0n) is 10.8. The second-order valence-electron chi connectivity index (χ2n) is 4.51. The largest absolute Gasteiger partial charge is 0.481 e. The standard InChI is InChI=1S/C15H17NO2S/c1-11(14-3-2-8-19-14)16-10-13-6-4-12(5-7-13)9-15(17)18/h2-8,11,16H,9-10H2,1H3,(H,17,18)/t11-/m0/s1. The number of hydrogen-bond donors (Lipinski definition) is 2. The molecular formula is C15H17NO2S. The first-order valence-corrected chi connectivity index (χ1v) is 7.09. The molecule has 2 rings (SSSR count). The molecule has 19 heavy (non-hydrogen) atoms. The molecule has 0 aliphatic rings. The highest BCUT2D eigenvalue weighted by Crippen LogP contribution is 2.18. The zero-order chi connectivity index (χ0) is 13.7. The van der Waals surface area contributed by atoms with Crippen molar-refractivity contribution in [2.45, 2.75) is 25.9 Å². The summed E-state index contributed by atoms with van der Waals surface area (Å²) in [4.78, 5) is 11.9. The SMILES string of the molecule is C[C@H](NCc1ccc(CC(=O)O)cc1)c1cccs1. The second kappa shape index (κ2) is 6.50. The van der Waals surface area contributed by atoms with Gasteiger partial charge in [-0.2, -0.15) is 0 Å². The maximum atomic E-state index is 10.6. The van der Waals surface area contributed by atoms with Crippen LogP contribution in [-0.4, -0.2) is 11.1 Å². The van der Waals surface area contributed by atoms with Gasteiger partial charge in [0.25, 0.3) is 0 Å². The molecule has 0 radical (unpaired) electrons. The number of nitrogens with one attached hydrogen (secondary N) is 1. The quantitative estimate of drug-likeness (QED) is 0.851. The summed E-state index contributed by atoms with van der Waals surface area (Å²) >= 11 is 1.75. The summed E-state index contributed by atoms with van der Waals surface area (Å²) in [5.74, 6) is -0.794. The van der Waals surface area contributed by atoms with E-state index in [9.17, 15) is 4.79 Å². The number of rotatable bonds is 6. The minimum absolute atomic E-state index is 0.0826. The monoisotopic (exact) mass is 275 g/mol. The molecule has 100 valence electrons. The van der Waals surface area contributed by atoms with E-state index in [0.717, 1.165) is 17.7 Å². The molecule has 1 heterocycles. The minimum atomic E-state index is -0.794. The Morgan fingerprint density at radius 1 is 1.26 bits per heavy atom. The van der Waals surface area contributed by atoms with E-state index in [1.54, 1.807) is 11.3 Å². The maximum absolute atomic E-state index is 10.6. The van der Waals surface area contributed by atoms with Gasteiger partial charge < -0.3 is 10.4 Å². The second-order valence-corrected chi connectivity index (χ2v) is 5.48. The molecule has 2 aromatic rings. The topological polar surface area (TPSA) is 49.3 Å². The van der Waals surface area contributed by atoms with Gasteiger partial charge in [-0.1, -0.05) is 30.3 Å². The van der Waals surface area contributed by atoms with Gasteiger partial charge in [-0.05, 0) is 29.5 Å². The Morgan fingerprint density at radius 2 is 1.95 bits per heavy atom. The normalized spacial score (nSPS) is 12.3. The molecule has 0 fully saturated rings. The van der Waals surface area contributed by atoms with Crippen LogP contribution in [0.3, 0.4) is 0 Å².